The Hall–Kier alpha value is -2.70. The third-order valence-electron chi connectivity index (χ3n) is 3.93. The Morgan fingerprint density at radius 2 is 2.18 bits per heavy atom. The molecule has 1 aliphatic heterocycles. The highest BCUT2D eigenvalue weighted by atomic mass is 15.3. The molecule has 7 nitrogen and oxygen atoms in total. The van der Waals surface area contributed by atoms with Gasteiger partial charge in [-0.05, 0) is 19.1 Å². The van der Waals surface area contributed by atoms with Crippen LogP contribution in [0.15, 0.2) is 37.1 Å². The summed E-state index contributed by atoms with van der Waals surface area (Å²) in [5.41, 5.74) is 2.20. The third-order valence-corrected chi connectivity index (χ3v) is 3.93. The van der Waals surface area contributed by atoms with Crippen molar-refractivity contribution in [3.05, 3.63) is 54.3 Å². The second-order valence-corrected chi connectivity index (χ2v) is 5.47. The van der Waals surface area contributed by atoms with E-state index < -0.39 is 0 Å². The summed E-state index contributed by atoms with van der Waals surface area (Å²) in [6.07, 6.45) is 5.22. The van der Waals surface area contributed by atoms with Crippen LogP contribution in [0.2, 0.25) is 0 Å². The number of aromatic nitrogens is 6. The van der Waals surface area contributed by atoms with E-state index in [9.17, 15) is 0 Å². The lowest BCUT2D eigenvalue weighted by Crippen LogP contribution is -2.35. The summed E-state index contributed by atoms with van der Waals surface area (Å²) >= 11 is 0. The first-order chi connectivity index (χ1) is 10.8. The summed E-state index contributed by atoms with van der Waals surface area (Å²) in [6, 6.07) is 6.13. The fraction of sp³-hybridized carbons (Fsp3) is 0.333. The Morgan fingerprint density at radius 3 is 3.00 bits per heavy atom. The quantitative estimate of drug-likeness (QED) is 0.727. The summed E-state index contributed by atoms with van der Waals surface area (Å²) < 4.78 is 4.09. The maximum Gasteiger partial charge on any atom is 0.137 e. The number of nitrogens with zero attached hydrogens (tertiary/aromatic N) is 7. The number of hydrogen-bond donors (Lipinski definition) is 0. The highest BCUT2D eigenvalue weighted by molar-refractivity contribution is 5.40. The second kappa shape index (κ2) is 5.25. The monoisotopic (exact) mass is 295 g/mol. The van der Waals surface area contributed by atoms with Crippen LogP contribution in [0.4, 0.5) is 5.82 Å². The zero-order valence-corrected chi connectivity index (χ0v) is 12.4. The van der Waals surface area contributed by atoms with Gasteiger partial charge in [-0.15, -0.1) is 0 Å². The van der Waals surface area contributed by atoms with Crippen molar-refractivity contribution in [3.63, 3.8) is 0 Å². The maximum absolute atomic E-state index is 4.60. The van der Waals surface area contributed by atoms with Gasteiger partial charge in [-0.3, -0.25) is 0 Å². The van der Waals surface area contributed by atoms with Crippen LogP contribution in [0, 0.1) is 6.92 Å². The van der Waals surface area contributed by atoms with E-state index in [-0.39, 0.29) is 0 Å². The molecular formula is C15H17N7. The molecule has 0 spiro atoms. The average molecular weight is 295 g/mol. The van der Waals surface area contributed by atoms with Crippen LogP contribution < -0.4 is 4.90 Å². The zero-order valence-electron chi connectivity index (χ0n) is 12.4. The number of rotatable bonds is 3. The van der Waals surface area contributed by atoms with Crippen molar-refractivity contribution >= 4 is 5.82 Å². The predicted molar refractivity (Wildman–Crippen MR) is 81.4 cm³/mol. The molecule has 1 aliphatic rings. The molecule has 3 aromatic rings. The molecule has 0 bridgehead atoms. The summed E-state index contributed by atoms with van der Waals surface area (Å²) in [5.74, 6) is 2.09. The van der Waals surface area contributed by atoms with Gasteiger partial charge >= 0.3 is 0 Å². The van der Waals surface area contributed by atoms with Gasteiger partial charge in [0.15, 0.2) is 0 Å². The highest BCUT2D eigenvalue weighted by Crippen LogP contribution is 2.20. The Balaban J connectivity index is 1.56. The zero-order chi connectivity index (χ0) is 14.9. The molecule has 0 saturated carbocycles. The number of anilines is 1. The van der Waals surface area contributed by atoms with Crippen molar-refractivity contribution in [2.45, 2.75) is 26.6 Å². The molecule has 3 aromatic heterocycles. The van der Waals surface area contributed by atoms with Gasteiger partial charge in [0.25, 0.3) is 0 Å². The molecule has 0 N–H and O–H groups in total. The van der Waals surface area contributed by atoms with E-state index in [0.717, 1.165) is 42.7 Å². The van der Waals surface area contributed by atoms with Gasteiger partial charge in [-0.2, -0.15) is 5.10 Å². The van der Waals surface area contributed by atoms with Gasteiger partial charge in [-0.1, -0.05) is 6.07 Å². The first-order valence-corrected chi connectivity index (χ1v) is 7.34. The Kier molecular flexibility index (Phi) is 3.10. The number of fused-ring (bicyclic) bond motifs is 1. The molecule has 22 heavy (non-hydrogen) atoms. The van der Waals surface area contributed by atoms with Crippen LogP contribution >= 0.6 is 0 Å². The van der Waals surface area contributed by atoms with Crippen LogP contribution in [-0.4, -0.2) is 35.8 Å². The Morgan fingerprint density at radius 1 is 1.23 bits per heavy atom. The molecule has 7 heteroatoms. The fourth-order valence-electron chi connectivity index (χ4n) is 2.83. The molecule has 4 heterocycles. The van der Waals surface area contributed by atoms with E-state index >= 15 is 0 Å². The highest BCUT2D eigenvalue weighted by Gasteiger charge is 2.20. The van der Waals surface area contributed by atoms with Crippen LogP contribution in [0.25, 0.3) is 0 Å². The van der Waals surface area contributed by atoms with Gasteiger partial charge < -0.3 is 9.47 Å². The lowest BCUT2D eigenvalue weighted by atomic mass is 10.3. The van der Waals surface area contributed by atoms with Crippen LogP contribution in [-0.2, 0) is 19.6 Å². The SMILES string of the molecule is Cc1cccc(N2CCn3c(Cn4cncn4)cnc3C2)n1. The van der Waals surface area contributed by atoms with Crippen molar-refractivity contribution in [1.82, 2.24) is 29.3 Å². The second-order valence-electron chi connectivity index (χ2n) is 5.47. The molecule has 0 fully saturated rings. The number of pyridine rings is 1. The minimum absolute atomic E-state index is 0.704. The molecule has 4 rings (SSSR count). The Labute approximate surface area is 128 Å². The van der Waals surface area contributed by atoms with E-state index in [1.807, 2.05) is 23.9 Å². The standard InChI is InChI=1S/C15H17N7/c1-12-3-2-4-14(19-12)20-5-6-22-13(7-17-15(22)9-20)8-21-11-16-10-18-21/h2-4,7,10-11H,5-6,8-9H2,1H3. The van der Waals surface area contributed by atoms with Crippen LogP contribution in [0.1, 0.15) is 17.2 Å². The van der Waals surface area contributed by atoms with E-state index in [1.54, 1.807) is 12.7 Å². The molecule has 0 aliphatic carbocycles. The number of hydrogen-bond acceptors (Lipinski definition) is 5. The molecule has 112 valence electrons. The molecule has 0 unspecified atom stereocenters. The Bertz CT molecular complexity index is 775. The molecule has 0 atom stereocenters. The lowest BCUT2D eigenvalue weighted by Gasteiger charge is -2.29. The van der Waals surface area contributed by atoms with Crippen molar-refractivity contribution in [1.29, 1.82) is 0 Å². The van der Waals surface area contributed by atoms with E-state index in [0.29, 0.717) is 6.54 Å². The first-order valence-electron chi connectivity index (χ1n) is 7.34. The first kappa shape index (κ1) is 13.0. The summed E-state index contributed by atoms with van der Waals surface area (Å²) in [7, 11) is 0. The van der Waals surface area contributed by atoms with E-state index in [1.165, 1.54) is 0 Å². The predicted octanol–water partition coefficient (Wildman–Crippen LogP) is 1.25. The lowest BCUT2D eigenvalue weighted by molar-refractivity contribution is 0.525. The molecular weight excluding hydrogens is 278 g/mol. The number of aryl methyl sites for hydroxylation is 1. The topological polar surface area (TPSA) is 64.7 Å². The largest absolute Gasteiger partial charge is 0.347 e. The average Bonchev–Trinajstić information content (AvgIpc) is 3.17. The third kappa shape index (κ3) is 2.34. The maximum atomic E-state index is 4.60. The van der Waals surface area contributed by atoms with Gasteiger partial charge in [0.2, 0.25) is 0 Å². The summed E-state index contributed by atoms with van der Waals surface area (Å²) in [6.45, 7) is 5.35. The minimum Gasteiger partial charge on any atom is -0.347 e. The smallest absolute Gasteiger partial charge is 0.137 e. The normalized spacial score (nSPS) is 14.1. The van der Waals surface area contributed by atoms with Gasteiger partial charge in [0.1, 0.15) is 24.3 Å². The van der Waals surface area contributed by atoms with Crippen LogP contribution in [0.3, 0.4) is 0 Å². The van der Waals surface area contributed by atoms with Crippen LogP contribution in [0.5, 0.6) is 0 Å². The number of imidazole rings is 1. The van der Waals surface area contributed by atoms with Crippen molar-refractivity contribution in [2.75, 3.05) is 11.4 Å². The molecule has 0 saturated heterocycles. The fourth-order valence-corrected chi connectivity index (χ4v) is 2.83. The van der Waals surface area contributed by atoms with E-state index in [4.69, 9.17) is 0 Å². The summed E-state index contributed by atoms with van der Waals surface area (Å²) in [4.78, 5) is 15.4. The summed E-state index contributed by atoms with van der Waals surface area (Å²) in [5, 5.41) is 4.16. The van der Waals surface area contributed by atoms with Gasteiger partial charge in [0.05, 0.1) is 25.0 Å². The van der Waals surface area contributed by atoms with Crippen molar-refractivity contribution < 1.29 is 0 Å². The van der Waals surface area contributed by atoms with Crippen molar-refractivity contribution in [3.8, 4) is 0 Å². The van der Waals surface area contributed by atoms with Gasteiger partial charge in [0, 0.05) is 18.8 Å². The molecule has 0 aromatic carbocycles. The van der Waals surface area contributed by atoms with Gasteiger partial charge in [-0.25, -0.2) is 19.6 Å². The minimum atomic E-state index is 0.704. The molecule has 0 amide bonds. The molecule has 0 radical (unpaired) electrons. The van der Waals surface area contributed by atoms with Crippen molar-refractivity contribution in [2.24, 2.45) is 0 Å². The van der Waals surface area contributed by atoms with E-state index in [2.05, 4.69) is 41.7 Å².